The molecule has 0 fully saturated rings. The van der Waals surface area contributed by atoms with E-state index < -0.39 is 0 Å². The standard InChI is InChI=1S/C19H17FN4O2/c20-14-7-5-13(6-8-14)17-11-22-18(26-17)12-24-16-4-2-1-3-15(16)23-19(24)21-9-10-25/h1-8,11,25H,9-10,12H2,(H,21,23). The van der Waals surface area contributed by atoms with E-state index in [1.54, 1.807) is 18.3 Å². The molecule has 0 aliphatic carbocycles. The van der Waals surface area contributed by atoms with Gasteiger partial charge in [0.25, 0.3) is 0 Å². The molecule has 0 radical (unpaired) electrons. The van der Waals surface area contributed by atoms with E-state index in [1.807, 2.05) is 28.8 Å². The number of hydrogen-bond donors (Lipinski definition) is 2. The van der Waals surface area contributed by atoms with Gasteiger partial charge in [0, 0.05) is 12.1 Å². The molecule has 7 heteroatoms. The topological polar surface area (TPSA) is 76.1 Å². The Morgan fingerprint density at radius 3 is 2.73 bits per heavy atom. The van der Waals surface area contributed by atoms with Gasteiger partial charge in [0.1, 0.15) is 12.4 Å². The lowest BCUT2D eigenvalue weighted by Crippen LogP contribution is -2.12. The van der Waals surface area contributed by atoms with Crippen molar-refractivity contribution in [2.75, 3.05) is 18.5 Å². The Bertz CT molecular complexity index is 1020. The fraction of sp³-hybridized carbons (Fsp3) is 0.158. The minimum Gasteiger partial charge on any atom is -0.439 e. The minimum atomic E-state index is -0.294. The van der Waals surface area contributed by atoms with E-state index in [2.05, 4.69) is 15.3 Å². The molecule has 132 valence electrons. The lowest BCUT2D eigenvalue weighted by molar-refractivity contribution is 0.310. The normalized spacial score (nSPS) is 11.2. The Kier molecular flexibility index (Phi) is 4.37. The Morgan fingerprint density at radius 1 is 1.12 bits per heavy atom. The summed E-state index contributed by atoms with van der Waals surface area (Å²) in [7, 11) is 0. The van der Waals surface area contributed by atoms with E-state index in [1.165, 1.54) is 12.1 Å². The van der Waals surface area contributed by atoms with Crippen LogP contribution in [0, 0.1) is 5.82 Å². The van der Waals surface area contributed by atoms with Crippen LogP contribution < -0.4 is 5.32 Å². The van der Waals surface area contributed by atoms with Crippen molar-refractivity contribution >= 4 is 17.0 Å². The highest BCUT2D eigenvalue weighted by Crippen LogP contribution is 2.24. The van der Waals surface area contributed by atoms with E-state index in [9.17, 15) is 4.39 Å². The van der Waals surface area contributed by atoms with Crippen LogP contribution in [0.3, 0.4) is 0 Å². The molecule has 0 saturated carbocycles. The van der Waals surface area contributed by atoms with Gasteiger partial charge in [-0.3, -0.25) is 0 Å². The number of aromatic nitrogens is 3. The molecular formula is C19H17FN4O2. The molecule has 0 aliphatic heterocycles. The maximum absolute atomic E-state index is 13.1. The second kappa shape index (κ2) is 6.97. The molecular weight excluding hydrogens is 335 g/mol. The number of nitrogens with zero attached hydrogens (tertiary/aromatic N) is 3. The molecule has 26 heavy (non-hydrogen) atoms. The third kappa shape index (κ3) is 3.16. The highest BCUT2D eigenvalue weighted by atomic mass is 19.1. The largest absolute Gasteiger partial charge is 0.439 e. The summed E-state index contributed by atoms with van der Waals surface area (Å²) in [5.74, 6) is 1.44. The maximum Gasteiger partial charge on any atom is 0.214 e. The summed E-state index contributed by atoms with van der Waals surface area (Å²) in [6.07, 6.45) is 1.63. The molecule has 2 N–H and O–H groups in total. The number of oxazole rings is 1. The van der Waals surface area contributed by atoms with E-state index in [-0.39, 0.29) is 12.4 Å². The van der Waals surface area contributed by atoms with Crippen LogP contribution >= 0.6 is 0 Å². The number of halogens is 1. The van der Waals surface area contributed by atoms with E-state index in [0.29, 0.717) is 30.7 Å². The monoisotopic (exact) mass is 352 g/mol. The quantitative estimate of drug-likeness (QED) is 0.557. The van der Waals surface area contributed by atoms with Gasteiger partial charge in [-0.15, -0.1) is 0 Å². The molecule has 2 heterocycles. The fourth-order valence-electron chi connectivity index (χ4n) is 2.80. The first kappa shape index (κ1) is 16.3. The summed E-state index contributed by atoms with van der Waals surface area (Å²) in [6, 6.07) is 13.8. The molecule has 0 bridgehead atoms. The Labute approximate surface area is 148 Å². The lowest BCUT2D eigenvalue weighted by Gasteiger charge is -2.08. The van der Waals surface area contributed by atoms with Gasteiger partial charge in [-0.1, -0.05) is 12.1 Å². The zero-order valence-electron chi connectivity index (χ0n) is 13.9. The highest BCUT2D eigenvalue weighted by Gasteiger charge is 2.14. The fourth-order valence-corrected chi connectivity index (χ4v) is 2.80. The second-order valence-electron chi connectivity index (χ2n) is 5.79. The summed E-state index contributed by atoms with van der Waals surface area (Å²) in [5.41, 5.74) is 2.55. The Morgan fingerprint density at radius 2 is 1.92 bits per heavy atom. The van der Waals surface area contributed by atoms with Crippen LogP contribution in [0.1, 0.15) is 5.89 Å². The Hall–Kier alpha value is -3.19. The van der Waals surface area contributed by atoms with Crippen molar-refractivity contribution in [1.29, 1.82) is 0 Å². The first-order chi connectivity index (χ1) is 12.7. The number of hydrogen-bond acceptors (Lipinski definition) is 5. The van der Waals surface area contributed by atoms with Crippen molar-refractivity contribution in [3.63, 3.8) is 0 Å². The zero-order chi connectivity index (χ0) is 17.9. The molecule has 0 spiro atoms. The molecule has 0 saturated heterocycles. The van der Waals surface area contributed by atoms with Crippen LogP contribution in [0.15, 0.2) is 59.1 Å². The van der Waals surface area contributed by atoms with Gasteiger partial charge in [0.05, 0.1) is 23.8 Å². The Balaban J connectivity index is 1.65. The number of benzene rings is 2. The zero-order valence-corrected chi connectivity index (χ0v) is 13.9. The van der Waals surface area contributed by atoms with Crippen LogP contribution in [0.5, 0.6) is 0 Å². The van der Waals surface area contributed by atoms with Gasteiger partial charge < -0.3 is 19.4 Å². The van der Waals surface area contributed by atoms with Crippen LogP contribution in [-0.4, -0.2) is 32.8 Å². The van der Waals surface area contributed by atoms with Crippen molar-refractivity contribution in [2.45, 2.75) is 6.54 Å². The lowest BCUT2D eigenvalue weighted by atomic mass is 10.2. The van der Waals surface area contributed by atoms with Gasteiger partial charge in [-0.2, -0.15) is 0 Å². The van der Waals surface area contributed by atoms with Gasteiger partial charge in [-0.05, 0) is 36.4 Å². The number of imidazole rings is 1. The molecule has 0 aliphatic rings. The van der Waals surface area contributed by atoms with Crippen molar-refractivity contribution in [3.8, 4) is 11.3 Å². The summed E-state index contributed by atoms with van der Waals surface area (Å²) in [6.45, 7) is 0.794. The third-order valence-electron chi connectivity index (χ3n) is 4.03. The minimum absolute atomic E-state index is 0.0108. The van der Waals surface area contributed by atoms with Crippen molar-refractivity contribution in [1.82, 2.24) is 14.5 Å². The molecule has 2 aromatic carbocycles. The molecule has 4 aromatic rings. The van der Waals surface area contributed by atoms with Gasteiger partial charge in [-0.25, -0.2) is 14.4 Å². The number of fused-ring (bicyclic) bond motifs is 1. The predicted molar refractivity (Wildman–Crippen MR) is 96.3 cm³/mol. The molecule has 0 unspecified atom stereocenters. The van der Waals surface area contributed by atoms with Crippen LogP contribution in [0.4, 0.5) is 10.3 Å². The smallest absolute Gasteiger partial charge is 0.214 e. The van der Waals surface area contributed by atoms with Crippen LogP contribution in [-0.2, 0) is 6.54 Å². The summed E-state index contributed by atoms with van der Waals surface area (Å²) in [4.78, 5) is 8.88. The van der Waals surface area contributed by atoms with Crippen molar-refractivity contribution in [3.05, 3.63) is 66.4 Å². The summed E-state index contributed by atoms with van der Waals surface area (Å²) >= 11 is 0. The van der Waals surface area contributed by atoms with Crippen LogP contribution in [0.2, 0.25) is 0 Å². The van der Waals surface area contributed by atoms with E-state index >= 15 is 0 Å². The van der Waals surface area contributed by atoms with E-state index in [4.69, 9.17) is 9.52 Å². The number of aliphatic hydroxyl groups excluding tert-OH is 1. The van der Waals surface area contributed by atoms with E-state index in [0.717, 1.165) is 16.6 Å². The second-order valence-corrected chi connectivity index (χ2v) is 5.79. The SMILES string of the molecule is OCCNc1nc2ccccc2n1Cc1ncc(-c2ccc(F)cc2)o1. The van der Waals surface area contributed by atoms with Gasteiger partial charge in [0.2, 0.25) is 11.8 Å². The van der Waals surface area contributed by atoms with Gasteiger partial charge >= 0.3 is 0 Å². The van der Waals surface area contributed by atoms with Crippen molar-refractivity contribution < 1.29 is 13.9 Å². The van der Waals surface area contributed by atoms with Gasteiger partial charge in [0.15, 0.2) is 5.76 Å². The third-order valence-corrected chi connectivity index (χ3v) is 4.03. The number of aliphatic hydroxyl groups is 1. The predicted octanol–water partition coefficient (Wildman–Crippen LogP) is 3.28. The molecule has 0 atom stereocenters. The number of anilines is 1. The number of nitrogens with one attached hydrogen (secondary N) is 1. The number of rotatable bonds is 6. The average Bonchev–Trinajstić information content (AvgIpc) is 3.26. The average molecular weight is 352 g/mol. The molecule has 0 amide bonds. The van der Waals surface area contributed by atoms with Crippen LogP contribution in [0.25, 0.3) is 22.4 Å². The summed E-state index contributed by atoms with van der Waals surface area (Å²) < 4.78 is 20.9. The molecule has 4 rings (SSSR count). The highest BCUT2D eigenvalue weighted by molar-refractivity contribution is 5.78. The first-order valence-corrected chi connectivity index (χ1v) is 8.25. The van der Waals surface area contributed by atoms with Crippen molar-refractivity contribution in [2.24, 2.45) is 0 Å². The molecule has 2 aromatic heterocycles. The number of para-hydroxylation sites is 2. The summed E-state index contributed by atoms with van der Waals surface area (Å²) in [5, 5.41) is 12.2. The maximum atomic E-state index is 13.1. The molecule has 6 nitrogen and oxygen atoms in total. The first-order valence-electron chi connectivity index (χ1n) is 8.25.